The molecular formula is C17H24N6OS. The molecular weight excluding hydrogens is 336 g/mol. The molecule has 0 radical (unpaired) electrons. The van der Waals surface area contributed by atoms with E-state index in [2.05, 4.69) is 36.7 Å². The van der Waals surface area contributed by atoms with E-state index >= 15 is 0 Å². The molecule has 0 aliphatic carbocycles. The van der Waals surface area contributed by atoms with Gasteiger partial charge in [-0.3, -0.25) is 4.79 Å². The highest BCUT2D eigenvalue weighted by Gasteiger charge is 2.17. The van der Waals surface area contributed by atoms with Gasteiger partial charge in [0.1, 0.15) is 16.5 Å². The van der Waals surface area contributed by atoms with Crippen molar-refractivity contribution in [2.75, 3.05) is 18.0 Å². The molecule has 1 fully saturated rings. The van der Waals surface area contributed by atoms with Crippen LogP contribution in [0.15, 0.2) is 6.07 Å². The number of piperidine rings is 1. The van der Waals surface area contributed by atoms with Crippen molar-refractivity contribution in [1.29, 1.82) is 0 Å². The molecule has 1 amide bonds. The molecule has 1 saturated heterocycles. The third kappa shape index (κ3) is 4.50. The molecule has 25 heavy (non-hydrogen) atoms. The lowest BCUT2D eigenvalue weighted by Gasteiger charge is -2.28. The number of nitrogens with one attached hydrogen (secondary N) is 1. The van der Waals surface area contributed by atoms with Gasteiger partial charge in [0.05, 0.1) is 12.2 Å². The lowest BCUT2D eigenvalue weighted by molar-refractivity contribution is 0.0952. The molecule has 3 heterocycles. The summed E-state index contributed by atoms with van der Waals surface area (Å²) in [5, 5.41) is 6.95. The fourth-order valence-electron chi connectivity index (χ4n) is 3.00. The van der Waals surface area contributed by atoms with E-state index < -0.39 is 0 Å². The van der Waals surface area contributed by atoms with Gasteiger partial charge < -0.3 is 10.2 Å². The van der Waals surface area contributed by atoms with E-state index in [0.29, 0.717) is 17.2 Å². The minimum absolute atomic E-state index is 0.150. The highest BCUT2D eigenvalue weighted by Crippen LogP contribution is 2.18. The van der Waals surface area contributed by atoms with Crippen LogP contribution in [0.25, 0.3) is 0 Å². The van der Waals surface area contributed by atoms with Gasteiger partial charge in [-0.05, 0) is 44.1 Å². The number of anilines is 1. The monoisotopic (exact) mass is 360 g/mol. The Labute approximate surface area is 152 Å². The maximum atomic E-state index is 12.4. The second-order valence-corrected chi connectivity index (χ2v) is 7.07. The SMILES string of the molecule is CCCc1nnsc1C(=O)NCc1nc(C)cc(N2CCCCC2)n1. The number of carbonyl (C=O) groups is 1. The maximum Gasteiger partial charge on any atom is 0.265 e. The minimum Gasteiger partial charge on any atom is -0.357 e. The zero-order valence-corrected chi connectivity index (χ0v) is 15.6. The Morgan fingerprint density at radius 1 is 1.28 bits per heavy atom. The Balaban J connectivity index is 1.67. The van der Waals surface area contributed by atoms with E-state index in [1.54, 1.807) is 0 Å². The summed E-state index contributed by atoms with van der Waals surface area (Å²) in [7, 11) is 0. The van der Waals surface area contributed by atoms with Crippen LogP contribution in [0.2, 0.25) is 0 Å². The number of carbonyl (C=O) groups excluding carboxylic acids is 1. The van der Waals surface area contributed by atoms with Crippen molar-refractivity contribution in [3.8, 4) is 0 Å². The normalized spacial score (nSPS) is 14.6. The van der Waals surface area contributed by atoms with E-state index in [0.717, 1.165) is 54.7 Å². The average Bonchev–Trinajstić information content (AvgIpc) is 3.09. The van der Waals surface area contributed by atoms with Crippen LogP contribution in [-0.2, 0) is 13.0 Å². The van der Waals surface area contributed by atoms with Crippen molar-refractivity contribution >= 4 is 23.3 Å². The van der Waals surface area contributed by atoms with Crippen molar-refractivity contribution in [2.24, 2.45) is 0 Å². The molecule has 8 heteroatoms. The first-order chi connectivity index (χ1) is 12.2. The van der Waals surface area contributed by atoms with Crippen molar-refractivity contribution in [1.82, 2.24) is 24.9 Å². The largest absolute Gasteiger partial charge is 0.357 e. The van der Waals surface area contributed by atoms with Crippen LogP contribution in [0.3, 0.4) is 0 Å². The molecule has 1 aliphatic heterocycles. The molecule has 0 saturated carbocycles. The number of aryl methyl sites for hydroxylation is 2. The summed E-state index contributed by atoms with van der Waals surface area (Å²) in [5.74, 6) is 1.45. The van der Waals surface area contributed by atoms with Gasteiger partial charge in [0.15, 0.2) is 0 Å². The lowest BCUT2D eigenvalue weighted by atomic mass is 10.1. The molecule has 1 aliphatic rings. The second-order valence-electron chi connectivity index (χ2n) is 6.31. The minimum atomic E-state index is -0.150. The van der Waals surface area contributed by atoms with Crippen LogP contribution < -0.4 is 10.2 Å². The Kier molecular flexibility index (Phi) is 5.91. The second kappa shape index (κ2) is 8.33. The van der Waals surface area contributed by atoms with Gasteiger partial charge in [0.2, 0.25) is 0 Å². The fraction of sp³-hybridized carbons (Fsp3) is 0.588. The highest BCUT2D eigenvalue weighted by atomic mass is 32.1. The molecule has 134 valence electrons. The summed E-state index contributed by atoms with van der Waals surface area (Å²) >= 11 is 1.14. The summed E-state index contributed by atoms with van der Waals surface area (Å²) in [4.78, 5) is 24.4. The predicted molar refractivity (Wildman–Crippen MR) is 97.9 cm³/mol. The topological polar surface area (TPSA) is 83.9 Å². The van der Waals surface area contributed by atoms with Crippen LogP contribution in [-0.4, -0.2) is 38.6 Å². The summed E-state index contributed by atoms with van der Waals surface area (Å²) < 4.78 is 3.90. The van der Waals surface area contributed by atoms with Crippen LogP contribution in [0.4, 0.5) is 5.82 Å². The van der Waals surface area contributed by atoms with E-state index in [1.165, 1.54) is 19.3 Å². The Bertz CT molecular complexity index is 726. The molecule has 0 spiro atoms. The first kappa shape index (κ1) is 17.7. The molecule has 0 bridgehead atoms. The average molecular weight is 360 g/mol. The van der Waals surface area contributed by atoms with Crippen LogP contribution in [0.5, 0.6) is 0 Å². The lowest BCUT2D eigenvalue weighted by Crippen LogP contribution is -2.31. The van der Waals surface area contributed by atoms with Crippen molar-refractivity contribution < 1.29 is 4.79 Å². The molecule has 3 rings (SSSR count). The van der Waals surface area contributed by atoms with E-state index in [9.17, 15) is 4.79 Å². The van der Waals surface area contributed by atoms with Gasteiger partial charge in [-0.15, -0.1) is 5.10 Å². The number of aromatic nitrogens is 4. The third-order valence-electron chi connectivity index (χ3n) is 4.22. The van der Waals surface area contributed by atoms with Crippen molar-refractivity contribution in [2.45, 2.75) is 52.5 Å². The maximum absolute atomic E-state index is 12.4. The summed E-state index contributed by atoms with van der Waals surface area (Å²) in [6.07, 6.45) is 5.39. The third-order valence-corrected chi connectivity index (χ3v) is 4.99. The van der Waals surface area contributed by atoms with Gasteiger partial charge in [0.25, 0.3) is 5.91 Å². The Hall–Kier alpha value is -2.09. The quantitative estimate of drug-likeness (QED) is 0.852. The number of nitrogens with zero attached hydrogens (tertiary/aromatic N) is 5. The van der Waals surface area contributed by atoms with Crippen molar-refractivity contribution in [3.63, 3.8) is 0 Å². The van der Waals surface area contributed by atoms with Gasteiger partial charge in [-0.25, -0.2) is 9.97 Å². The Morgan fingerprint density at radius 2 is 2.08 bits per heavy atom. The number of hydrogen-bond donors (Lipinski definition) is 1. The predicted octanol–water partition coefficient (Wildman–Crippen LogP) is 2.51. The highest BCUT2D eigenvalue weighted by molar-refractivity contribution is 7.08. The van der Waals surface area contributed by atoms with Crippen LogP contribution in [0, 0.1) is 6.92 Å². The zero-order valence-electron chi connectivity index (χ0n) is 14.8. The van der Waals surface area contributed by atoms with Gasteiger partial charge in [0, 0.05) is 24.8 Å². The van der Waals surface area contributed by atoms with Crippen molar-refractivity contribution in [3.05, 3.63) is 28.2 Å². The molecule has 0 unspecified atom stereocenters. The van der Waals surface area contributed by atoms with Gasteiger partial charge in [-0.2, -0.15) is 0 Å². The number of amides is 1. The molecule has 7 nitrogen and oxygen atoms in total. The first-order valence-corrected chi connectivity index (χ1v) is 9.63. The van der Waals surface area contributed by atoms with Gasteiger partial charge in [-0.1, -0.05) is 17.8 Å². The molecule has 0 aromatic carbocycles. The van der Waals surface area contributed by atoms with Gasteiger partial charge >= 0.3 is 0 Å². The van der Waals surface area contributed by atoms with Crippen LogP contribution >= 0.6 is 11.5 Å². The fourth-order valence-corrected chi connectivity index (χ4v) is 3.62. The van der Waals surface area contributed by atoms with Crippen LogP contribution in [0.1, 0.15) is 59.5 Å². The first-order valence-electron chi connectivity index (χ1n) is 8.86. The molecule has 2 aromatic heterocycles. The summed E-state index contributed by atoms with van der Waals surface area (Å²) in [5.41, 5.74) is 1.69. The van der Waals surface area contributed by atoms with E-state index in [4.69, 9.17) is 0 Å². The smallest absolute Gasteiger partial charge is 0.265 e. The Morgan fingerprint density at radius 3 is 2.84 bits per heavy atom. The number of hydrogen-bond acceptors (Lipinski definition) is 7. The standard InChI is InChI=1S/C17H24N6OS/c1-3-7-13-16(25-22-21-13)17(24)18-11-14-19-12(2)10-15(20-14)23-8-5-4-6-9-23/h10H,3-9,11H2,1-2H3,(H,18,24). The summed E-state index contributed by atoms with van der Waals surface area (Å²) in [6.45, 7) is 6.41. The van der Waals surface area contributed by atoms with E-state index in [-0.39, 0.29) is 5.91 Å². The molecule has 1 N–H and O–H groups in total. The molecule has 0 atom stereocenters. The summed E-state index contributed by atoms with van der Waals surface area (Å²) in [6, 6.07) is 2.02. The molecule has 2 aromatic rings. The van der Waals surface area contributed by atoms with E-state index in [1.807, 2.05) is 13.0 Å². The number of rotatable bonds is 6. The zero-order chi connectivity index (χ0) is 17.6.